The maximum atomic E-state index is 13.8. The number of benzene rings is 1. The first-order chi connectivity index (χ1) is 10.0. The van der Waals surface area contributed by atoms with Gasteiger partial charge in [0.1, 0.15) is 5.82 Å². The smallest absolute Gasteiger partial charge is 0.253 e. The Morgan fingerprint density at radius 1 is 1.29 bits per heavy atom. The highest BCUT2D eigenvalue weighted by atomic mass is 19.1. The SMILES string of the molecule is CCNc1c(F)cccc1C(=O)NC1CCC(C)C(C)C1. The van der Waals surface area contributed by atoms with E-state index in [0.29, 0.717) is 29.6 Å². The van der Waals surface area contributed by atoms with Gasteiger partial charge in [-0.25, -0.2) is 4.39 Å². The highest BCUT2D eigenvalue weighted by Gasteiger charge is 2.26. The van der Waals surface area contributed by atoms with Gasteiger partial charge in [-0.15, -0.1) is 0 Å². The predicted molar refractivity (Wildman–Crippen MR) is 84.0 cm³/mol. The van der Waals surface area contributed by atoms with Crippen molar-refractivity contribution in [3.8, 4) is 0 Å². The summed E-state index contributed by atoms with van der Waals surface area (Å²) in [5.41, 5.74) is 0.692. The van der Waals surface area contributed by atoms with Gasteiger partial charge >= 0.3 is 0 Å². The number of carbonyl (C=O) groups is 1. The van der Waals surface area contributed by atoms with Gasteiger partial charge in [0.2, 0.25) is 0 Å². The quantitative estimate of drug-likeness (QED) is 0.886. The minimum Gasteiger partial charge on any atom is -0.382 e. The van der Waals surface area contributed by atoms with Crippen molar-refractivity contribution in [2.45, 2.75) is 46.1 Å². The number of nitrogens with one attached hydrogen (secondary N) is 2. The lowest BCUT2D eigenvalue weighted by atomic mass is 9.79. The second-order valence-electron chi connectivity index (χ2n) is 6.13. The fraction of sp³-hybridized carbons (Fsp3) is 0.588. The summed E-state index contributed by atoms with van der Waals surface area (Å²) in [5, 5.41) is 6.01. The molecule has 0 spiro atoms. The number of hydrogen-bond donors (Lipinski definition) is 2. The molecular weight excluding hydrogens is 267 g/mol. The van der Waals surface area contributed by atoms with Crippen molar-refractivity contribution in [1.29, 1.82) is 0 Å². The van der Waals surface area contributed by atoms with E-state index in [1.807, 2.05) is 6.92 Å². The molecule has 1 aliphatic carbocycles. The van der Waals surface area contributed by atoms with Crippen LogP contribution in [0.5, 0.6) is 0 Å². The Kier molecular flexibility index (Phi) is 5.21. The van der Waals surface area contributed by atoms with Gasteiger partial charge in [0.25, 0.3) is 5.91 Å². The molecule has 0 heterocycles. The molecule has 0 saturated heterocycles. The molecule has 3 nitrogen and oxygen atoms in total. The number of amides is 1. The van der Waals surface area contributed by atoms with Crippen LogP contribution in [0.4, 0.5) is 10.1 Å². The van der Waals surface area contributed by atoms with Crippen LogP contribution in [-0.4, -0.2) is 18.5 Å². The van der Waals surface area contributed by atoms with Crippen molar-refractivity contribution < 1.29 is 9.18 Å². The van der Waals surface area contributed by atoms with Gasteiger partial charge in [-0.2, -0.15) is 0 Å². The van der Waals surface area contributed by atoms with Gasteiger partial charge < -0.3 is 10.6 Å². The van der Waals surface area contributed by atoms with Crippen molar-refractivity contribution in [3.05, 3.63) is 29.6 Å². The Labute approximate surface area is 126 Å². The Balaban J connectivity index is 2.08. The molecule has 1 aliphatic rings. The Hall–Kier alpha value is -1.58. The number of carbonyl (C=O) groups excluding carboxylic acids is 1. The largest absolute Gasteiger partial charge is 0.382 e. The first kappa shape index (κ1) is 15.8. The summed E-state index contributed by atoms with van der Waals surface area (Å²) in [6.45, 7) is 6.96. The molecule has 3 atom stereocenters. The third-order valence-corrected chi connectivity index (χ3v) is 4.55. The maximum absolute atomic E-state index is 13.8. The molecule has 2 N–H and O–H groups in total. The van der Waals surface area contributed by atoms with Crippen LogP contribution >= 0.6 is 0 Å². The lowest BCUT2D eigenvalue weighted by Gasteiger charge is -2.32. The monoisotopic (exact) mass is 292 g/mol. The average Bonchev–Trinajstić information content (AvgIpc) is 2.45. The predicted octanol–water partition coefficient (Wildman–Crippen LogP) is 3.81. The molecule has 1 aromatic rings. The molecule has 1 amide bonds. The summed E-state index contributed by atoms with van der Waals surface area (Å²) in [6, 6.07) is 4.82. The molecule has 116 valence electrons. The molecule has 21 heavy (non-hydrogen) atoms. The molecule has 1 fully saturated rings. The molecule has 4 heteroatoms. The van der Waals surface area contributed by atoms with E-state index < -0.39 is 0 Å². The highest BCUT2D eigenvalue weighted by molar-refractivity contribution is 5.99. The molecule has 0 aromatic heterocycles. The van der Waals surface area contributed by atoms with Crippen LogP contribution < -0.4 is 10.6 Å². The fourth-order valence-corrected chi connectivity index (χ4v) is 3.01. The Morgan fingerprint density at radius 2 is 2.05 bits per heavy atom. The fourth-order valence-electron chi connectivity index (χ4n) is 3.01. The first-order valence-corrected chi connectivity index (χ1v) is 7.86. The Morgan fingerprint density at radius 3 is 2.71 bits per heavy atom. The van der Waals surface area contributed by atoms with Crippen molar-refractivity contribution in [1.82, 2.24) is 5.32 Å². The number of anilines is 1. The van der Waals surface area contributed by atoms with E-state index in [1.54, 1.807) is 12.1 Å². The number of para-hydroxylation sites is 1. The van der Waals surface area contributed by atoms with Crippen LogP contribution in [0.25, 0.3) is 0 Å². The zero-order valence-electron chi connectivity index (χ0n) is 13.1. The summed E-state index contributed by atoms with van der Waals surface area (Å²) in [7, 11) is 0. The zero-order chi connectivity index (χ0) is 15.4. The van der Waals surface area contributed by atoms with E-state index in [2.05, 4.69) is 24.5 Å². The third kappa shape index (κ3) is 3.74. The van der Waals surface area contributed by atoms with Gasteiger partial charge in [0.15, 0.2) is 0 Å². The van der Waals surface area contributed by atoms with Crippen LogP contribution in [0.1, 0.15) is 50.4 Å². The minimum absolute atomic E-state index is 0.183. The topological polar surface area (TPSA) is 41.1 Å². The molecular formula is C17H25FN2O. The van der Waals surface area contributed by atoms with E-state index >= 15 is 0 Å². The van der Waals surface area contributed by atoms with Crippen LogP contribution in [0.3, 0.4) is 0 Å². The van der Waals surface area contributed by atoms with E-state index in [4.69, 9.17) is 0 Å². The van der Waals surface area contributed by atoms with Gasteiger partial charge in [-0.3, -0.25) is 4.79 Å². The van der Waals surface area contributed by atoms with Crippen LogP contribution in [-0.2, 0) is 0 Å². The van der Waals surface area contributed by atoms with Crippen LogP contribution in [0, 0.1) is 17.7 Å². The number of rotatable bonds is 4. The lowest BCUT2D eigenvalue weighted by molar-refractivity contribution is 0.0911. The normalized spacial score (nSPS) is 25.4. The van der Waals surface area contributed by atoms with E-state index in [-0.39, 0.29) is 17.8 Å². The lowest BCUT2D eigenvalue weighted by Crippen LogP contribution is -2.40. The number of hydrogen-bond acceptors (Lipinski definition) is 2. The third-order valence-electron chi connectivity index (χ3n) is 4.55. The summed E-state index contributed by atoms with van der Waals surface area (Å²) in [6.07, 6.45) is 3.14. The average molecular weight is 292 g/mol. The first-order valence-electron chi connectivity index (χ1n) is 7.86. The summed E-state index contributed by atoms with van der Waals surface area (Å²) >= 11 is 0. The van der Waals surface area contributed by atoms with Gasteiger partial charge in [-0.05, 0) is 50.2 Å². The second kappa shape index (κ2) is 6.92. The van der Waals surface area contributed by atoms with Crippen LogP contribution in [0.2, 0.25) is 0 Å². The highest BCUT2D eigenvalue weighted by Crippen LogP contribution is 2.29. The Bertz CT molecular complexity index is 504. The van der Waals surface area contributed by atoms with E-state index in [0.717, 1.165) is 19.3 Å². The molecule has 1 saturated carbocycles. The van der Waals surface area contributed by atoms with Crippen molar-refractivity contribution in [2.75, 3.05) is 11.9 Å². The molecule has 2 rings (SSSR count). The van der Waals surface area contributed by atoms with E-state index in [1.165, 1.54) is 6.07 Å². The minimum atomic E-state index is -0.380. The summed E-state index contributed by atoms with van der Waals surface area (Å²) in [5.74, 6) is 0.766. The van der Waals surface area contributed by atoms with Gasteiger partial charge in [0.05, 0.1) is 11.3 Å². The second-order valence-corrected chi connectivity index (χ2v) is 6.13. The molecule has 0 aliphatic heterocycles. The molecule has 0 radical (unpaired) electrons. The van der Waals surface area contributed by atoms with Gasteiger partial charge in [-0.1, -0.05) is 19.9 Å². The standard InChI is InChI=1S/C17H25FN2O/c1-4-19-16-14(6-5-7-15(16)18)17(21)20-13-9-8-11(2)12(3)10-13/h5-7,11-13,19H,4,8-10H2,1-3H3,(H,20,21). The zero-order valence-corrected chi connectivity index (χ0v) is 13.1. The van der Waals surface area contributed by atoms with Gasteiger partial charge in [0, 0.05) is 12.6 Å². The molecule has 1 aromatic carbocycles. The summed E-state index contributed by atoms with van der Waals surface area (Å²) in [4.78, 5) is 12.4. The van der Waals surface area contributed by atoms with Crippen molar-refractivity contribution in [2.24, 2.45) is 11.8 Å². The van der Waals surface area contributed by atoms with E-state index in [9.17, 15) is 9.18 Å². The molecule has 0 bridgehead atoms. The summed E-state index contributed by atoms with van der Waals surface area (Å²) < 4.78 is 13.8. The number of halogens is 1. The van der Waals surface area contributed by atoms with Crippen molar-refractivity contribution >= 4 is 11.6 Å². The maximum Gasteiger partial charge on any atom is 0.253 e. The van der Waals surface area contributed by atoms with Crippen LogP contribution in [0.15, 0.2) is 18.2 Å². The molecule has 3 unspecified atom stereocenters. The van der Waals surface area contributed by atoms with Crippen molar-refractivity contribution in [3.63, 3.8) is 0 Å².